The zero-order valence-corrected chi connectivity index (χ0v) is 13.2. The van der Waals surface area contributed by atoms with Gasteiger partial charge in [-0.2, -0.15) is 9.97 Å². The molecular weight excluding hydrogens is 318 g/mol. The van der Waals surface area contributed by atoms with Crippen molar-refractivity contribution in [1.82, 2.24) is 19.5 Å². The highest BCUT2D eigenvalue weighted by Gasteiger charge is 2.44. The van der Waals surface area contributed by atoms with Crippen molar-refractivity contribution in [1.29, 1.82) is 0 Å². The lowest BCUT2D eigenvalue weighted by atomic mass is 10.1. The first-order valence-electron chi connectivity index (χ1n) is 7.82. The van der Waals surface area contributed by atoms with Gasteiger partial charge in [0.25, 0.3) is 0 Å². The number of ether oxygens (including phenoxy) is 2. The maximum Gasteiger partial charge on any atom is 0.320 e. The monoisotopic (exact) mass is 339 g/mol. The number of fused-ring (bicyclic) bond motifs is 1. The first-order valence-corrected chi connectivity index (χ1v) is 7.82. The number of aliphatic hydroxyl groups is 3. The summed E-state index contributed by atoms with van der Waals surface area (Å²) in [6, 6.07) is 0.113. The van der Waals surface area contributed by atoms with E-state index in [-0.39, 0.29) is 11.8 Å². The van der Waals surface area contributed by atoms with Gasteiger partial charge in [0, 0.05) is 0 Å². The lowest BCUT2D eigenvalue weighted by Crippen LogP contribution is -2.33. The summed E-state index contributed by atoms with van der Waals surface area (Å²) in [6.07, 6.45) is -1.06. The highest BCUT2D eigenvalue weighted by atomic mass is 16.6. The Bertz CT molecular complexity index is 708. The Kier molecular flexibility index (Phi) is 4.81. The van der Waals surface area contributed by atoms with Crippen molar-refractivity contribution in [3.63, 3.8) is 0 Å². The summed E-state index contributed by atoms with van der Waals surface area (Å²) in [5, 5.41) is 29.3. The molecule has 132 valence electrons. The van der Waals surface area contributed by atoms with E-state index in [9.17, 15) is 15.3 Å². The molecule has 0 bridgehead atoms. The number of hydrogen-bond acceptors (Lipinski definition) is 9. The van der Waals surface area contributed by atoms with Crippen LogP contribution in [0.15, 0.2) is 6.33 Å². The van der Waals surface area contributed by atoms with Gasteiger partial charge in [-0.15, -0.1) is 0 Å². The van der Waals surface area contributed by atoms with E-state index >= 15 is 0 Å². The summed E-state index contributed by atoms with van der Waals surface area (Å²) in [7, 11) is 0. The number of aliphatic hydroxyl groups excluding tert-OH is 3. The van der Waals surface area contributed by atoms with Crippen LogP contribution in [0.2, 0.25) is 0 Å². The SMILES string of the molecule is CCCCOc1nc(N)c2ncn(C3OC(CO)C(O)C3O)c2n1. The molecule has 0 saturated carbocycles. The fourth-order valence-electron chi connectivity index (χ4n) is 2.59. The molecule has 5 N–H and O–H groups in total. The second kappa shape index (κ2) is 6.85. The molecule has 10 nitrogen and oxygen atoms in total. The van der Waals surface area contributed by atoms with Gasteiger partial charge in [-0.3, -0.25) is 4.57 Å². The maximum atomic E-state index is 10.2. The van der Waals surface area contributed by atoms with Crippen LogP contribution in [-0.2, 0) is 4.74 Å². The number of unbranched alkanes of at least 4 members (excludes halogenated alkanes) is 1. The number of aromatic nitrogens is 4. The molecule has 0 aliphatic carbocycles. The van der Waals surface area contributed by atoms with Crippen LogP contribution in [0, 0.1) is 0 Å². The summed E-state index contributed by atoms with van der Waals surface area (Å²) < 4.78 is 12.4. The Hall–Kier alpha value is -2.01. The van der Waals surface area contributed by atoms with Gasteiger partial charge in [0.05, 0.1) is 19.5 Å². The molecule has 0 amide bonds. The van der Waals surface area contributed by atoms with E-state index in [0.717, 1.165) is 12.8 Å². The summed E-state index contributed by atoms with van der Waals surface area (Å²) in [6.45, 7) is 2.09. The molecule has 1 aliphatic heterocycles. The summed E-state index contributed by atoms with van der Waals surface area (Å²) >= 11 is 0. The molecule has 1 aliphatic rings. The fraction of sp³-hybridized carbons (Fsp3) is 0.643. The fourth-order valence-corrected chi connectivity index (χ4v) is 2.59. The predicted octanol–water partition coefficient (Wildman–Crippen LogP) is -0.801. The Morgan fingerprint density at radius 2 is 2.12 bits per heavy atom. The van der Waals surface area contributed by atoms with Gasteiger partial charge in [-0.1, -0.05) is 13.3 Å². The molecule has 0 aromatic carbocycles. The topological polar surface area (TPSA) is 149 Å². The van der Waals surface area contributed by atoms with Crippen molar-refractivity contribution >= 4 is 17.0 Å². The minimum absolute atomic E-state index is 0.113. The zero-order chi connectivity index (χ0) is 17.3. The second-order valence-electron chi connectivity index (χ2n) is 5.65. The average Bonchev–Trinajstić information content (AvgIpc) is 3.10. The zero-order valence-electron chi connectivity index (χ0n) is 13.2. The lowest BCUT2D eigenvalue weighted by molar-refractivity contribution is -0.0511. The molecule has 0 spiro atoms. The van der Waals surface area contributed by atoms with Crippen LogP contribution in [0.25, 0.3) is 11.2 Å². The van der Waals surface area contributed by atoms with Gasteiger partial charge in [0.1, 0.15) is 18.3 Å². The number of nitrogen functional groups attached to an aromatic ring is 1. The van der Waals surface area contributed by atoms with E-state index in [1.807, 2.05) is 6.92 Å². The van der Waals surface area contributed by atoms with Crippen LogP contribution >= 0.6 is 0 Å². The summed E-state index contributed by atoms with van der Waals surface area (Å²) in [5.41, 5.74) is 6.56. The first kappa shape index (κ1) is 16.8. The highest BCUT2D eigenvalue weighted by Crippen LogP contribution is 2.32. The molecule has 0 radical (unpaired) electrons. The number of anilines is 1. The molecule has 1 fully saturated rings. The third kappa shape index (κ3) is 2.88. The number of imidazole rings is 1. The van der Waals surface area contributed by atoms with Crippen molar-refractivity contribution in [2.24, 2.45) is 0 Å². The standard InChI is InChI=1S/C14H21N5O5/c1-2-3-4-23-14-17-11(15)8-12(18-14)19(6-16-8)13-10(22)9(21)7(5-20)24-13/h6-7,9-10,13,20-22H,2-5H2,1H3,(H2,15,17,18). The predicted molar refractivity (Wildman–Crippen MR) is 83.1 cm³/mol. The quantitative estimate of drug-likeness (QED) is 0.496. The third-order valence-corrected chi connectivity index (χ3v) is 3.95. The van der Waals surface area contributed by atoms with E-state index in [1.165, 1.54) is 10.9 Å². The van der Waals surface area contributed by atoms with Gasteiger partial charge < -0.3 is 30.5 Å². The number of rotatable bonds is 6. The smallest absolute Gasteiger partial charge is 0.320 e. The van der Waals surface area contributed by atoms with Gasteiger partial charge in [-0.05, 0) is 6.42 Å². The molecular formula is C14H21N5O5. The van der Waals surface area contributed by atoms with E-state index in [1.54, 1.807) is 0 Å². The molecule has 4 unspecified atom stereocenters. The minimum Gasteiger partial charge on any atom is -0.463 e. The van der Waals surface area contributed by atoms with Gasteiger partial charge in [0.15, 0.2) is 23.2 Å². The maximum absolute atomic E-state index is 10.2. The Morgan fingerprint density at radius 3 is 2.79 bits per heavy atom. The summed E-state index contributed by atoms with van der Waals surface area (Å²) in [4.78, 5) is 12.5. The van der Waals surface area contributed by atoms with Gasteiger partial charge >= 0.3 is 6.01 Å². The normalized spacial score (nSPS) is 27.0. The van der Waals surface area contributed by atoms with Crippen molar-refractivity contribution in [2.75, 3.05) is 18.9 Å². The van der Waals surface area contributed by atoms with E-state index < -0.39 is 31.1 Å². The minimum atomic E-state index is -1.24. The van der Waals surface area contributed by atoms with E-state index in [4.69, 9.17) is 15.2 Å². The molecule has 1 saturated heterocycles. The average molecular weight is 339 g/mol. The number of nitrogens with two attached hydrogens (primary N) is 1. The van der Waals surface area contributed by atoms with E-state index in [2.05, 4.69) is 15.0 Å². The first-order chi connectivity index (χ1) is 11.6. The second-order valence-corrected chi connectivity index (χ2v) is 5.65. The molecule has 3 heterocycles. The molecule has 24 heavy (non-hydrogen) atoms. The third-order valence-electron chi connectivity index (χ3n) is 3.95. The largest absolute Gasteiger partial charge is 0.463 e. The van der Waals surface area contributed by atoms with Crippen LogP contribution in [0.4, 0.5) is 5.82 Å². The molecule has 2 aromatic heterocycles. The Balaban J connectivity index is 1.94. The van der Waals surface area contributed by atoms with Crippen LogP contribution < -0.4 is 10.5 Å². The van der Waals surface area contributed by atoms with Crippen LogP contribution in [0.1, 0.15) is 26.0 Å². The van der Waals surface area contributed by atoms with Crippen molar-refractivity contribution < 1.29 is 24.8 Å². The van der Waals surface area contributed by atoms with Crippen LogP contribution in [-0.4, -0.2) is 66.4 Å². The highest BCUT2D eigenvalue weighted by molar-refractivity contribution is 5.82. The van der Waals surface area contributed by atoms with E-state index in [0.29, 0.717) is 17.8 Å². The van der Waals surface area contributed by atoms with Crippen molar-refractivity contribution in [3.05, 3.63) is 6.33 Å². The van der Waals surface area contributed by atoms with Gasteiger partial charge in [0.2, 0.25) is 0 Å². The van der Waals surface area contributed by atoms with Crippen molar-refractivity contribution in [2.45, 2.75) is 44.3 Å². The van der Waals surface area contributed by atoms with Crippen LogP contribution in [0.3, 0.4) is 0 Å². The molecule has 4 atom stereocenters. The number of hydrogen-bond donors (Lipinski definition) is 4. The summed E-state index contributed by atoms with van der Waals surface area (Å²) in [5.74, 6) is 0.150. The Morgan fingerprint density at radius 1 is 1.33 bits per heavy atom. The molecule has 10 heteroatoms. The lowest BCUT2D eigenvalue weighted by Gasteiger charge is -2.16. The van der Waals surface area contributed by atoms with Crippen LogP contribution in [0.5, 0.6) is 6.01 Å². The molecule has 3 rings (SSSR count). The molecule has 2 aromatic rings. The van der Waals surface area contributed by atoms with Crippen molar-refractivity contribution in [3.8, 4) is 6.01 Å². The van der Waals surface area contributed by atoms with Gasteiger partial charge in [-0.25, -0.2) is 4.98 Å². The number of nitrogens with zero attached hydrogens (tertiary/aromatic N) is 4. The Labute approximate surface area is 137 Å².